The number of nitrogens with zero attached hydrogens (tertiary/aromatic N) is 1. The van der Waals surface area contributed by atoms with Crippen molar-refractivity contribution >= 4 is 5.97 Å². The number of carbonyl (C=O) groups is 1. The number of rotatable bonds is 3. The monoisotopic (exact) mass is 209 g/mol. The zero-order valence-electron chi connectivity index (χ0n) is 8.05. The van der Waals surface area contributed by atoms with Gasteiger partial charge in [-0.15, -0.1) is 0 Å². The summed E-state index contributed by atoms with van der Waals surface area (Å²) in [4.78, 5) is 14.7. The van der Waals surface area contributed by atoms with E-state index in [-0.39, 0.29) is 17.5 Å². The number of aromatic nitrogens is 1. The first kappa shape index (κ1) is 9.92. The summed E-state index contributed by atoms with van der Waals surface area (Å²) in [5, 5.41) is 8.89. The Labute approximate surface area is 86.7 Å². The van der Waals surface area contributed by atoms with E-state index in [1.165, 1.54) is 12.3 Å². The lowest BCUT2D eigenvalue weighted by Gasteiger charge is -2.11. The first-order chi connectivity index (χ1) is 7.27. The quantitative estimate of drug-likeness (QED) is 0.802. The molecule has 5 nitrogen and oxygen atoms in total. The molecule has 0 aromatic carbocycles. The summed E-state index contributed by atoms with van der Waals surface area (Å²) >= 11 is 0. The van der Waals surface area contributed by atoms with Crippen molar-refractivity contribution in [2.24, 2.45) is 0 Å². The van der Waals surface area contributed by atoms with Crippen molar-refractivity contribution in [1.29, 1.82) is 0 Å². The van der Waals surface area contributed by atoms with Crippen molar-refractivity contribution < 1.29 is 19.4 Å². The Balaban J connectivity index is 2.15. The van der Waals surface area contributed by atoms with E-state index in [0.717, 1.165) is 6.42 Å². The maximum atomic E-state index is 10.8. The maximum Gasteiger partial charge on any atom is 0.341 e. The number of hydrogen-bond donors (Lipinski definition) is 1. The van der Waals surface area contributed by atoms with Gasteiger partial charge in [-0.05, 0) is 12.1 Å². The van der Waals surface area contributed by atoms with Crippen LogP contribution < -0.4 is 4.74 Å². The Morgan fingerprint density at radius 1 is 1.67 bits per heavy atom. The van der Waals surface area contributed by atoms with Crippen molar-refractivity contribution in [2.45, 2.75) is 12.5 Å². The predicted molar refractivity (Wildman–Crippen MR) is 51.0 cm³/mol. The van der Waals surface area contributed by atoms with E-state index in [2.05, 4.69) is 4.98 Å². The lowest BCUT2D eigenvalue weighted by atomic mass is 10.2. The molecule has 2 rings (SSSR count). The molecule has 1 atom stereocenters. The van der Waals surface area contributed by atoms with Crippen molar-refractivity contribution in [3.8, 4) is 5.88 Å². The van der Waals surface area contributed by atoms with E-state index in [0.29, 0.717) is 13.2 Å². The summed E-state index contributed by atoms with van der Waals surface area (Å²) in [6, 6.07) is 3.04. The molecule has 1 aliphatic rings. The van der Waals surface area contributed by atoms with Gasteiger partial charge in [-0.3, -0.25) is 0 Å². The van der Waals surface area contributed by atoms with E-state index in [9.17, 15) is 4.79 Å². The number of aromatic carboxylic acids is 1. The van der Waals surface area contributed by atoms with E-state index >= 15 is 0 Å². The fourth-order valence-electron chi connectivity index (χ4n) is 1.41. The first-order valence-electron chi connectivity index (χ1n) is 4.70. The van der Waals surface area contributed by atoms with Crippen LogP contribution in [0, 0.1) is 0 Å². The average Bonchev–Trinajstić information content (AvgIpc) is 2.71. The summed E-state index contributed by atoms with van der Waals surface area (Å²) in [6.45, 7) is 1.15. The molecule has 1 N–H and O–H groups in total. The van der Waals surface area contributed by atoms with Crippen LogP contribution in [0.5, 0.6) is 5.88 Å². The molecule has 0 bridgehead atoms. The molecule has 15 heavy (non-hydrogen) atoms. The summed E-state index contributed by atoms with van der Waals surface area (Å²) < 4.78 is 10.6. The number of hydrogen-bond acceptors (Lipinski definition) is 4. The zero-order chi connectivity index (χ0) is 10.7. The van der Waals surface area contributed by atoms with E-state index in [4.69, 9.17) is 14.6 Å². The van der Waals surface area contributed by atoms with Gasteiger partial charge in [0.1, 0.15) is 11.7 Å². The third-order valence-corrected chi connectivity index (χ3v) is 2.17. The van der Waals surface area contributed by atoms with Crippen molar-refractivity contribution in [2.75, 3.05) is 13.2 Å². The average molecular weight is 209 g/mol. The van der Waals surface area contributed by atoms with Crippen LogP contribution in [0.15, 0.2) is 18.3 Å². The molecule has 1 unspecified atom stereocenters. The Bertz CT molecular complexity index is 360. The van der Waals surface area contributed by atoms with Crippen LogP contribution in [0.1, 0.15) is 16.8 Å². The SMILES string of the molecule is O=C(O)c1cccnc1OC1CCOC1. The fourth-order valence-corrected chi connectivity index (χ4v) is 1.41. The molecule has 1 aliphatic heterocycles. The molecule has 0 amide bonds. The third kappa shape index (κ3) is 2.24. The maximum absolute atomic E-state index is 10.8. The predicted octanol–water partition coefficient (Wildman–Crippen LogP) is 0.948. The smallest absolute Gasteiger partial charge is 0.341 e. The van der Waals surface area contributed by atoms with Gasteiger partial charge in [0.05, 0.1) is 13.2 Å². The van der Waals surface area contributed by atoms with Gasteiger partial charge in [0, 0.05) is 12.6 Å². The summed E-state index contributed by atoms with van der Waals surface area (Å²) in [6.07, 6.45) is 2.20. The molecular weight excluding hydrogens is 198 g/mol. The van der Waals surface area contributed by atoms with E-state index in [1.807, 2.05) is 0 Å². The van der Waals surface area contributed by atoms with E-state index in [1.54, 1.807) is 6.07 Å². The highest BCUT2D eigenvalue weighted by Crippen LogP contribution is 2.18. The molecule has 2 heterocycles. The number of carboxylic acid groups (broad SMARTS) is 1. The molecule has 0 spiro atoms. The lowest BCUT2D eigenvalue weighted by molar-refractivity contribution is 0.0685. The second-order valence-electron chi connectivity index (χ2n) is 3.26. The van der Waals surface area contributed by atoms with Crippen LogP contribution in [0.25, 0.3) is 0 Å². The lowest BCUT2D eigenvalue weighted by Crippen LogP contribution is -2.18. The number of carboxylic acids is 1. The van der Waals surface area contributed by atoms with Crippen molar-refractivity contribution in [1.82, 2.24) is 4.98 Å². The Kier molecular flexibility index (Phi) is 2.82. The first-order valence-corrected chi connectivity index (χ1v) is 4.70. The Morgan fingerprint density at radius 3 is 3.20 bits per heavy atom. The highest BCUT2D eigenvalue weighted by atomic mass is 16.5. The Hall–Kier alpha value is -1.62. The van der Waals surface area contributed by atoms with Crippen molar-refractivity contribution in [3.05, 3.63) is 23.9 Å². The summed E-state index contributed by atoms with van der Waals surface area (Å²) in [5.41, 5.74) is 0.0874. The van der Waals surface area contributed by atoms with Crippen LogP contribution >= 0.6 is 0 Å². The van der Waals surface area contributed by atoms with Crippen LogP contribution in [0.2, 0.25) is 0 Å². The van der Waals surface area contributed by atoms with Crippen LogP contribution in [0.4, 0.5) is 0 Å². The molecule has 1 saturated heterocycles. The molecule has 80 valence electrons. The minimum atomic E-state index is -1.03. The topological polar surface area (TPSA) is 68.7 Å². The zero-order valence-corrected chi connectivity index (χ0v) is 8.05. The minimum Gasteiger partial charge on any atom is -0.477 e. The van der Waals surface area contributed by atoms with Gasteiger partial charge in [-0.2, -0.15) is 0 Å². The summed E-state index contributed by atoms with van der Waals surface area (Å²) in [7, 11) is 0. The van der Waals surface area contributed by atoms with Crippen molar-refractivity contribution in [3.63, 3.8) is 0 Å². The van der Waals surface area contributed by atoms with E-state index < -0.39 is 5.97 Å². The van der Waals surface area contributed by atoms with Gasteiger partial charge in [0.15, 0.2) is 0 Å². The summed E-state index contributed by atoms with van der Waals surface area (Å²) in [5.74, 6) is -0.863. The molecule has 0 aliphatic carbocycles. The van der Waals surface area contributed by atoms with Crippen LogP contribution in [0.3, 0.4) is 0 Å². The molecule has 0 saturated carbocycles. The van der Waals surface area contributed by atoms with Gasteiger partial charge in [0.25, 0.3) is 0 Å². The van der Waals surface area contributed by atoms with Gasteiger partial charge in [-0.25, -0.2) is 9.78 Å². The molecular formula is C10H11NO4. The molecule has 5 heteroatoms. The highest BCUT2D eigenvalue weighted by Gasteiger charge is 2.20. The van der Waals surface area contributed by atoms with Crippen LogP contribution in [-0.2, 0) is 4.74 Å². The fraction of sp³-hybridized carbons (Fsp3) is 0.400. The van der Waals surface area contributed by atoms with Gasteiger partial charge in [0.2, 0.25) is 5.88 Å². The van der Waals surface area contributed by atoms with Gasteiger partial charge in [-0.1, -0.05) is 0 Å². The van der Waals surface area contributed by atoms with Crippen LogP contribution in [-0.4, -0.2) is 35.4 Å². The van der Waals surface area contributed by atoms with Gasteiger partial charge < -0.3 is 14.6 Å². The molecule has 1 aromatic rings. The normalized spacial score (nSPS) is 20.1. The molecule has 1 aromatic heterocycles. The minimum absolute atomic E-state index is 0.0852. The molecule has 0 radical (unpaired) electrons. The van der Waals surface area contributed by atoms with Gasteiger partial charge >= 0.3 is 5.97 Å². The molecule has 1 fully saturated rings. The Morgan fingerprint density at radius 2 is 2.53 bits per heavy atom. The second-order valence-corrected chi connectivity index (χ2v) is 3.26. The largest absolute Gasteiger partial charge is 0.477 e. The second kappa shape index (κ2) is 4.27. The third-order valence-electron chi connectivity index (χ3n) is 2.17. The number of ether oxygens (including phenoxy) is 2. The standard InChI is InChI=1S/C10H11NO4/c12-10(13)8-2-1-4-11-9(8)15-7-3-5-14-6-7/h1-2,4,7H,3,5-6H2,(H,12,13). The number of pyridine rings is 1. The highest BCUT2D eigenvalue weighted by molar-refractivity contribution is 5.90.